The van der Waals surface area contributed by atoms with Crippen LogP contribution >= 0.6 is 0 Å². The molecule has 0 saturated heterocycles. The number of rotatable bonds is 7. The van der Waals surface area contributed by atoms with E-state index in [9.17, 15) is 22.8 Å². The zero-order chi connectivity index (χ0) is 16.0. The van der Waals surface area contributed by atoms with Crippen LogP contribution in [0.2, 0.25) is 0 Å². The monoisotopic (exact) mass is 306 g/mol. The zero-order valence-corrected chi connectivity index (χ0v) is 10.7. The Hall–Kier alpha value is -2.29. The Morgan fingerprint density at radius 2 is 2.00 bits per heavy atom. The lowest BCUT2D eigenvalue weighted by Crippen LogP contribution is -2.21. The molecule has 4 N–H and O–H groups in total. The van der Waals surface area contributed by atoms with Gasteiger partial charge >= 0.3 is 12.1 Å². The molecule has 0 aliphatic carbocycles. The zero-order valence-electron chi connectivity index (χ0n) is 10.7. The molecule has 0 atom stereocenters. The molecule has 0 saturated carbocycles. The van der Waals surface area contributed by atoms with Gasteiger partial charge in [-0.25, -0.2) is 4.79 Å². The molecular weight excluding hydrogens is 293 g/mol. The largest absolute Gasteiger partial charge is 0.478 e. The van der Waals surface area contributed by atoms with Gasteiger partial charge in [-0.1, -0.05) is 0 Å². The summed E-state index contributed by atoms with van der Waals surface area (Å²) >= 11 is 0. The third-order valence-electron chi connectivity index (χ3n) is 2.38. The summed E-state index contributed by atoms with van der Waals surface area (Å²) in [6.45, 7) is -0.136. The molecule has 0 bridgehead atoms. The molecule has 21 heavy (non-hydrogen) atoms. The minimum absolute atomic E-state index is 0.0261. The number of amides is 1. The lowest BCUT2D eigenvalue weighted by molar-refractivity contribution is -0.137. The van der Waals surface area contributed by atoms with Crippen molar-refractivity contribution in [1.82, 2.24) is 0 Å². The average molecular weight is 306 g/mol. The van der Waals surface area contributed by atoms with Crippen LogP contribution in [-0.2, 0) is 15.7 Å². The van der Waals surface area contributed by atoms with Crippen LogP contribution in [-0.4, -0.2) is 36.7 Å². The molecule has 1 aromatic carbocycles. The number of anilines is 1. The first-order valence-corrected chi connectivity index (χ1v) is 5.76. The summed E-state index contributed by atoms with van der Waals surface area (Å²) in [5.74, 6) is -2.14. The van der Waals surface area contributed by atoms with Crippen molar-refractivity contribution in [3.05, 3.63) is 29.3 Å². The lowest BCUT2D eigenvalue weighted by Gasteiger charge is -2.13. The van der Waals surface area contributed by atoms with Crippen LogP contribution in [0, 0.1) is 0 Å². The van der Waals surface area contributed by atoms with Crippen molar-refractivity contribution in [2.45, 2.75) is 6.18 Å². The van der Waals surface area contributed by atoms with E-state index in [-0.39, 0.29) is 25.4 Å². The standard InChI is InChI=1S/C12H13F3N2O4/c13-12(14,15)7-1-2-9(8(5-7)11(19)20)17-3-4-21-6-10(16)18/h1-2,5,17H,3-4,6H2,(H2,16,18)(H,19,20). The maximum Gasteiger partial charge on any atom is 0.416 e. The van der Waals surface area contributed by atoms with Gasteiger partial charge in [0.1, 0.15) is 6.61 Å². The Labute approximate surface area is 117 Å². The quantitative estimate of drug-likeness (QED) is 0.659. The maximum atomic E-state index is 12.5. The number of nitrogens with one attached hydrogen (secondary N) is 1. The van der Waals surface area contributed by atoms with Crippen molar-refractivity contribution in [1.29, 1.82) is 0 Å². The van der Waals surface area contributed by atoms with Gasteiger partial charge in [0.15, 0.2) is 0 Å². The molecule has 6 nitrogen and oxygen atoms in total. The van der Waals surface area contributed by atoms with E-state index in [1.54, 1.807) is 0 Å². The first kappa shape index (κ1) is 16.8. The molecule has 0 unspecified atom stereocenters. The van der Waals surface area contributed by atoms with E-state index in [1.165, 1.54) is 0 Å². The summed E-state index contributed by atoms with van der Waals surface area (Å²) in [6, 6.07) is 2.36. The highest BCUT2D eigenvalue weighted by Gasteiger charge is 2.31. The number of carboxylic acid groups (broad SMARTS) is 1. The number of nitrogens with two attached hydrogens (primary N) is 1. The molecule has 116 valence electrons. The first-order valence-electron chi connectivity index (χ1n) is 5.76. The number of hydrogen-bond donors (Lipinski definition) is 3. The van der Waals surface area contributed by atoms with Crippen LogP contribution in [0.3, 0.4) is 0 Å². The predicted molar refractivity (Wildman–Crippen MR) is 66.9 cm³/mol. The summed E-state index contributed by atoms with van der Waals surface area (Å²) in [7, 11) is 0. The van der Waals surface area contributed by atoms with E-state index in [0.29, 0.717) is 6.07 Å². The van der Waals surface area contributed by atoms with E-state index in [2.05, 4.69) is 5.32 Å². The van der Waals surface area contributed by atoms with Crippen LogP contribution in [0.5, 0.6) is 0 Å². The summed E-state index contributed by atoms with van der Waals surface area (Å²) in [6.07, 6.45) is -4.62. The first-order chi connectivity index (χ1) is 9.71. The fourth-order valence-corrected chi connectivity index (χ4v) is 1.48. The average Bonchev–Trinajstić information content (AvgIpc) is 2.36. The normalized spacial score (nSPS) is 11.2. The highest BCUT2D eigenvalue weighted by Crippen LogP contribution is 2.31. The second kappa shape index (κ2) is 6.93. The molecule has 0 radical (unpaired) electrons. The molecule has 0 aliphatic rings. The van der Waals surface area contributed by atoms with Gasteiger partial charge in [0.25, 0.3) is 0 Å². The summed E-state index contributed by atoms with van der Waals surface area (Å²) < 4.78 is 42.4. The van der Waals surface area contributed by atoms with Gasteiger partial charge in [0.05, 0.1) is 17.7 Å². The Morgan fingerprint density at radius 3 is 2.52 bits per heavy atom. The number of aromatic carboxylic acids is 1. The highest BCUT2D eigenvalue weighted by atomic mass is 19.4. The van der Waals surface area contributed by atoms with Crippen LogP contribution in [0.4, 0.5) is 18.9 Å². The molecule has 0 spiro atoms. The number of hydrogen-bond acceptors (Lipinski definition) is 4. The fourth-order valence-electron chi connectivity index (χ4n) is 1.48. The topological polar surface area (TPSA) is 102 Å². The number of benzene rings is 1. The van der Waals surface area contributed by atoms with Crippen LogP contribution in [0.1, 0.15) is 15.9 Å². The number of alkyl halides is 3. The van der Waals surface area contributed by atoms with Crippen molar-refractivity contribution in [2.75, 3.05) is 25.1 Å². The number of carbonyl (C=O) groups excluding carboxylic acids is 1. The Bertz CT molecular complexity index is 532. The predicted octanol–water partition coefficient (Wildman–Crippen LogP) is 1.32. The van der Waals surface area contributed by atoms with Gasteiger partial charge in [-0.2, -0.15) is 13.2 Å². The molecule has 0 aromatic heterocycles. The molecule has 0 heterocycles. The number of ether oxygens (including phenoxy) is 1. The van der Waals surface area contributed by atoms with Crippen LogP contribution in [0.15, 0.2) is 18.2 Å². The van der Waals surface area contributed by atoms with Gasteiger partial charge in [0, 0.05) is 12.2 Å². The maximum absolute atomic E-state index is 12.5. The Morgan fingerprint density at radius 1 is 1.33 bits per heavy atom. The van der Waals surface area contributed by atoms with E-state index in [1.807, 2.05) is 0 Å². The minimum atomic E-state index is -4.62. The van der Waals surface area contributed by atoms with Crippen molar-refractivity contribution in [2.24, 2.45) is 5.73 Å². The van der Waals surface area contributed by atoms with Gasteiger partial charge in [0.2, 0.25) is 5.91 Å². The molecule has 1 aromatic rings. The van der Waals surface area contributed by atoms with E-state index in [4.69, 9.17) is 15.6 Å². The SMILES string of the molecule is NC(=O)COCCNc1ccc(C(F)(F)F)cc1C(=O)O. The van der Waals surface area contributed by atoms with E-state index >= 15 is 0 Å². The molecule has 9 heteroatoms. The molecule has 0 aliphatic heterocycles. The van der Waals surface area contributed by atoms with Gasteiger partial charge in [-0.05, 0) is 18.2 Å². The smallest absolute Gasteiger partial charge is 0.416 e. The number of carboxylic acids is 1. The molecule has 1 amide bonds. The molecule has 0 fully saturated rings. The van der Waals surface area contributed by atoms with Crippen molar-refractivity contribution < 1.29 is 32.6 Å². The highest BCUT2D eigenvalue weighted by molar-refractivity contribution is 5.94. The number of carbonyl (C=O) groups is 2. The second-order valence-corrected chi connectivity index (χ2v) is 4.01. The third kappa shape index (κ3) is 5.30. The van der Waals surface area contributed by atoms with Gasteiger partial charge < -0.3 is 20.9 Å². The van der Waals surface area contributed by atoms with Gasteiger partial charge in [-0.3, -0.25) is 4.79 Å². The van der Waals surface area contributed by atoms with Gasteiger partial charge in [-0.15, -0.1) is 0 Å². The van der Waals surface area contributed by atoms with Crippen LogP contribution < -0.4 is 11.1 Å². The summed E-state index contributed by atoms with van der Waals surface area (Å²) in [5.41, 5.74) is 3.32. The number of halogens is 3. The second-order valence-electron chi connectivity index (χ2n) is 4.01. The fraction of sp³-hybridized carbons (Fsp3) is 0.333. The van der Waals surface area contributed by atoms with Crippen LogP contribution in [0.25, 0.3) is 0 Å². The van der Waals surface area contributed by atoms with E-state index < -0.39 is 29.2 Å². The Balaban J connectivity index is 2.74. The summed E-state index contributed by atoms with van der Waals surface area (Å²) in [4.78, 5) is 21.4. The molecule has 1 rings (SSSR count). The summed E-state index contributed by atoms with van der Waals surface area (Å²) in [5, 5.41) is 11.6. The van der Waals surface area contributed by atoms with Crippen molar-refractivity contribution in [3.8, 4) is 0 Å². The minimum Gasteiger partial charge on any atom is -0.478 e. The van der Waals surface area contributed by atoms with Crippen molar-refractivity contribution >= 4 is 17.6 Å². The Kier molecular flexibility index (Phi) is 5.53. The number of primary amides is 1. The molecular formula is C12H13F3N2O4. The van der Waals surface area contributed by atoms with E-state index in [0.717, 1.165) is 12.1 Å². The lowest BCUT2D eigenvalue weighted by atomic mass is 10.1. The van der Waals surface area contributed by atoms with Crippen molar-refractivity contribution in [3.63, 3.8) is 0 Å². The third-order valence-corrected chi connectivity index (χ3v) is 2.38.